The molecule has 5 nitrogen and oxygen atoms in total. The molecule has 1 aromatic carbocycles. The summed E-state index contributed by atoms with van der Waals surface area (Å²) >= 11 is 0. The fraction of sp³-hybridized carbons (Fsp3) is 0.308. The summed E-state index contributed by atoms with van der Waals surface area (Å²) in [6.07, 6.45) is 1.68. The van der Waals surface area contributed by atoms with E-state index in [1.165, 1.54) is 6.92 Å². The molecule has 0 fully saturated rings. The molecule has 0 amide bonds. The normalized spacial score (nSPS) is 13.6. The van der Waals surface area contributed by atoms with Gasteiger partial charge in [-0.05, 0) is 18.6 Å². The molecular weight excluding hydrogens is 264 g/mol. The van der Waals surface area contributed by atoms with E-state index in [1.54, 1.807) is 6.20 Å². The summed E-state index contributed by atoms with van der Waals surface area (Å²) in [6, 6.07) is 9.39. The molecule has 2 N–H and O–H groups in total. The predicted molar refractivity (Wildman–Crippen MR) is 74.1 cm³/mol. The van der Waals surface area contributed by atoms with E-state index in [4.69, 9.17) is 5.11 Å². The maximum atomic E-state index is 11.8. The molecule has 0 aliphatic rings. The molecule has 19 heavy (non-hydrogen) atoms. The third-order valence-corrected chi connectivity index (χ3v) is 4.72. The zero-order chi connectivity index (χ0) is 13.9. The minimum atomic E-state index is -3.50. The Balaban J connectivity index is 2.23. The number of nitrogens with one attached hydrogen (secondary N) is 1. The summed E-state index contributed by atoms with van der Waals surface area (Å²) < 4.78 is 26.0. The number of pyridine rings is 1. The second kappa shape index (κ2) is 5.64. The summed E-state index contributed by atoms with van der Waals surface area (Å²) in [5.74, 6) is 0. The Hall–Kier alpha value is -1.50. The molecule has 0 aliphatic carbocycles. The van der Waals surface area contributed by atoms with Crippen LogP contribution in [0.2, 0.25) is 0 Å². The van der Waals surface area contributed by atoms with E-state index in [9.17, 15) is 8.42 Å². The molecule has 2 rings (SSSR count). The Labute approximate surface area is 112 Å². The van der Waals surface area contributed by atoms with Gasteiger partial charge in [0.2, 0.25) is 10.0 Å². The van der Waals surface area contributed by atoms with Gasteiger partial charge < -0.3 is 5.11 Å². The number of aliphatic hydroxyl groups excluding tert-OH is 1. The SMILES string of the molecule is CC(CO)S(=O)(=O)NCc1cccc2cccnc12. The Bertz CT molecular complexity index is 665. The molecule has 1 heterocycles. The highest BCUT2D eigenvalue weighted by Gasteiger charge is 2.19. The maximum Gasteiger partial charge on any atom is 0.216 e. The number of para-hydroxylation sites is 1. The molecule has 0 saturated heterocycles. The van der Waals surface area contributed by atoms with Gasteiger partial charge in [-0.15, -0.1) is 0 Å². The van der Waals surface area contributed by atoms with E-state index in [0.29, 0.717) is 0 Å². The van der Waals surface area contributed by atoms with Crippen LogP contribution < -0.4 is 4.72 Å². The molecule has 0 bridgehead atoms. The second-order valence-corrected chi connectivity index (χ2v) is 6.54. The van der Waals surface area contributed by atoms with Gasteiger partial charge in [-0.25, -0.2) is 13.1 Å². The average molecular weight is 280 g/mol. The molecule has 1 aromatic heterocycles. The number of sulfonamides is 1. The zero-order valence-electron chi connectivity index (χ0n) is 10.6. The van der Waals surface area contributed by atoms with Gasteiger partial charge in [-0.1, -0.05) is 24.3 Å². The molecule has 0 saturated carbocycles. The van der Waals surface area contributed by atoms with Gasteiger partial charge in [-0.2, -0.15) is 0 Å². The van der Waals surface area contributed by atoms with Crippen LogP contribution >= 0.6 is 0 Å². The Morgan fingerprint density at radius 1 is 1.32 bits per heavy atom. The van der Waals surface area contributed by atoms with E-state index >= 15 is 0 Å². The lowest BCUT2D eigenvalue weighted by atomic mass is 10.1. The largest absolute Gasteiger partial charge is 0.395 e. The zero-order valence-corrected chi connectivity index (χ0v) is 11.4. The van der Waals surface area contributed by atoms with Crippen LogP contribution in [0.15, 0.2) is 36.5 Å². The summed E-state index contributed by atoms with van der Waals surface area (Å²) in [5.41, 5.74) is 1.59. The molecule has 6 heteroatoms. The fourth-order valence-corrected chi connectivity index (χ4v) is 2.57. The molecule has 0 radical (unpaired) electrons. The highest BCUT2D eigenvalue weighted by molar-refractivity contribution is 7.90. The first-order chi connectivity index (χ1) is 9.04. The molecular formula is C13H16N2O3S. The first-order valence-electron chi connectivity index (χ1n) is 5.96. The number of fused-ring (bicyclic) bond motifs is 1. The molecule has 1 atom stereocenters. The number of rotatable bonds is 5. The minimum Gasteiger partial charge on any atom is -0.395 e. The van der Waals surface area contributed by atoms with Crippen LogP contribution in [-0.2, 0) is 16.6 Å². The van der Waals surface area contributed by atoms with Gasteiger partial charge in [0.1, 0.15) is 0 Å². The first kappa shape index (κ1) is 13.9. The van der Waals surface area contributed by atoms with Gasteiger partial charge in [0.15, 0.2) is 0 Å². The van der Waals surface area contributed by atoms with Gasteiger partial charge in [0.25, 0.3) is 0 Å². The Morgan fingerprint density at radius 2 is 2.05 bits per heavy atom. The van der Waals surface area contributed by atoms with Crippen molar-refractivity contribution in [3.05, 3.63) is 42.1 Å². The lowest BCUT2D eigenvalue weighted by Crippen LogP contribution is -2.34. The van der Waals surface area contributed by atoms with Crippen LogP contribution in [0.1, 0.15) is 12.5 Å². The fourth-order valence-electron chi connectivity index (χ4n) is 1.73. The van der Waals surface area contributed by atoms with Gasteiger partial charge >= 0.3 is 0 Å². The Morgan fingerprint density at radius 3 is 2.79 bits per heavy atom. The standard InChI is InChI=1S/C13H16N2O3S/c1-10(9-16)19(17,18)15-8-12-5-2-4-11-6-3-7-14-13(11)12/h2-7,10,15-16H,8-9H2,1H3. The van der Waals surface area contributed by atoms with Crippen LogP contribution in [0.4, 0.5) is 0 Å². The van der Waals surface area contributed by atoms with Crippen LogP contribution in [-0.4, -0.2) is 30.4 Å². The van der Waals surface area contributed by atoms with Crippen molar-refractivity contribution in [2.75, 3.05) is 6.61 Å². The average Bonchev–Trinajstić information content (AvgIpc) is 2.44. The highest BCUT2D eigenvalue weighted by Crippen LogP contribution is 2.16. The van der Waals surface area contributed by atoms with Crippen molar-refractivity contribution in [2.45, 2.75) is 18.7 Å². The van der Waals surface area contributed by atoms with Crippen molar-refractivity contribution in [1.29, 1.82) is 0 Å². The number of aliphatic hydroxyl groups is 1. The van der Waals surface area contributed by atoms with E-state index in [1.807, 2.05) is 30.3 Å². The van der Waals surface area contributed by atoms with Gasteiger partial charge in [-0.3, -0.25) is 4.98 Å². The van der Waals surface area contributed by atoms with Crippen molar-refractivity contribution in [1.82, 2.24) is 9.71 Å². The maximum absolute atomic E-state index is 11.8. The lowest BCUT2D eigenvalue weighted by molar-refractivity contribution is 0.294. The predicted octanol–water partition coefficient (Wildman–Crippen LogP) is 1.03. The topological polar surface area (TPSA) is 79.3 Å². The summed E-state index contributed by atoms with van der Waals surface area (Å²) in [7, 11) is -3.50. The number of benzene rings is 1. The van der Waals surface area contributed by atoms with Crippen LogP contribution in [0.3, 0.4) is 0 Å². The molecule has 0 spiro atoms. The van der Waals surface area contributed by atoms with Crippen molar-refractivity contribution >= 4 is 20.9 Å². The van der Waals surface area contributed by atoms with E-state index < -0.39 is 21.9 Å². The second-order valence-electron chi connectivity index (χ2n) is 4.35. The third-order valence-electron chi connectivity index (χ3n) is 2.97. The monoisotopic (exact) mass is 280 g/mol. The quantitative estimate of drug-likeness (QED) is 0.857. The van der Waals surface area contributed by atoms with E-state index in [0.717, 1.165) is 16.5 Å². The van der Waals surface area contributed by atoms with Crippen molar-refractivity contribution in [2.24, 2.45) is 0 Å². The van der Waals surface area contributed by atoms with Gasteiger partial charge in [0, 0.05) is 18.1 Å². The molecule has 1 unspecified atom stereocenters. The number of hydrogen-bond acceptors (Lipinski definition) is 4. The van der Waals surface area contributed by atoms with Crippen LogP contribution in [0.25, 0.3) is 10.9 Å². The number of hydrogen-bond donors (Lipinski definition) is 2. The lowest BCUT2D eigenvalue weighted by Gasteiger charge is -2.12. The first-order valence-corrected chi connectivity index (χ1v) is 7.51. The molecule has 0 aliphatic heterocycles. The number of aromatic nitrogens is 1. The summed E-state index contributed by atoms with van der Waals surface area (Å²) in [4.78, 5) is 4.26. The van der Waals surface area contributed by atoms with Crippen molar-refractivity contribution in [3.8, 4) is 0 Å². The van der Waals surface area contributed by atoms with Crippen molar-refractivity contribution < 1.29 is 13.5 Å². The van der Waals surface area contributed by atoms with Crippen LogP contribution in [0.5, 0.6) is 0 Å². The van der Waals surface area contributed by atoms with Gasteiger partial charge in [0.05, 0.1) is 17.4 Å². The smallest absolute Gasteiger partial charge is 0.216 e. The molecule has 102 valence electrons. The van der Waals surface area contributed by atoms with Crippen LogP contribution in [0, 0.1) is 0 Å². The third kappa shape index (κ3) is 3.09. The highest BCUT2D eigenvalue weighted by atomic mass is 32.2. The Kier molecular flexibility index (Phi) is 4.14. The molecule has 2 aromatic rings. The minimum absolute atomic E-state index is 0.168. The van der Waals surface area contributed by atoms with E-state index in [2.05, 4.69) is 9.71 Å². The van der Waals surface area contributed by atoms with E-state index in [-0.39, 0.29) is 6.54 Å². The number of nitrogens with zero attached hydrogens (tertiary/aromatic N) is 1. The summed E-state index contributed by atoms with van der Waals surface area (Å²) in [5, 5.41) is 9.05. The summed E-state index contributed by atoms with van der Waals surface area (Å²) in [6.45, 7) is 1.23. The van der Waals surface area contributed by atoms with Crippen molar-refractivity contribution in [3.63, 3.8) is 0 Å².